The summed E-state index contributed by atoms with van der Waals surface area (Å²) in [6.45, 7) is 2.92. The molecule has 0 radical (unpaired) electrons. The summed E-state index contributed by atoms with van der Waals surface area (Å²) in [5, 5.41) is 3.42. The zero-order chi connectivity index (χ0) is 21.6. The molecule has 0 aromatic heterocycles. The molecule has 5 fully saturated rings. The highest BCUT2D eigenvalue weighted by Gasteiger charge is 2.44. The van der Waals surface area contributed by atoms with E-state index in [1.165, 1.54) is 38.5 Å². The summed E-state index contributed by atoms with van der Waals surface area (Å²) in [5.41, 5.74) is 0.952. The Hall–Kier alpha value is -1.40. The third-order valence-electron chi connectivity index (χ3n) is 8.45. The van der Waals surface area contributed by atoms with Crippen molar-refractivity contribution in [2.24, 2.45) is 29.6 Å². The van der Waals surface area contributed by atoms with Gasteiger partial charge < -0.3 is 5.32 Å². The molecule has 1 aromatic carbocycles. The molecule has 1 aliphatic heterocycles. The number of nitrogens with zero attached hydrogens (tertiary/aromatic N) is 1. The number of aryl methyl sites for hydroxylation is 1. The molecule has 0 spiro atoms. The Morgan fingerprint density at radius 2 is 1.65 bits per heavy atom. The second kappa shape index (κ2) is 8.51. The molecule has 4 saturated carbocycles. The van der Waals surface area contributed by atoms with E-state index in [0.717, 1.165) is 36.2 Å². The van der Waals surface area contributed by atoms with E-state index >= 15 is 0 Å². The number of amides is 1. The Kier molecular flexibility index (Phi) is 5.89. The number of hydrogen-bond acceptors (Lipinski definition) is 3. The Bertz CT molecular complexity index is 908. The molecular formula is C25H36N2O3S. The summed E-state index contributed by atoms with van der Waals surface area (Å²) in [6.07, 6.45) is 10.1. The predicted molar refractivity (Wildman–Crippen MR) is 121 cm³/mol. The van der Waals surface area contributed by atoms with E-state index in [1.807, 2.05) is 13.0 Å². The van der Waals surface area contributed by atoms with Crippen LogP contribution in [0.15, 0.2) is 29.2 Å². The van der Waals surface area contributed by atoms with Crippen LogP contribution >= 0.6 is 0 Å². The van der Waals surface area contributed by atoms with Crippen LogP contribution in [-0.4, -0.2) is 37.8 Å². The van der Waals surface area contributed by atoms with E-state index in [2.05, 4.69) is 5.32 Å². The normalized spacial score (nSPS) is 33.9. The van der Waals surface area contributed by atoms with Crippen LogP contribution in [0.5, 0.6) is 0 Å². The molecule has 1 heterocycles. The number of hydrogen-bond donors (Lipinski definition) is 1. The summed E-state index contributed by atoms with van der Waals surface area (Å²) in [5.74, 6) is 3.78. The maximum absolute atomic E-state index is 12.9. The molecule has 31 heavy (non-hydrogen) atoms. The molecule has 1 aromatic rings. The molecule has 5 nitrogen and oxygen atoms in total. The quantitative estimate of drug-likeness (QED) is 0.743. The minimum atomic E-state index is -3.44. The lowest BCUT2D eigenvalue weighted by Crippen LogP contribution is -2.43. The third kappa shape index (κ3) is 4.56. The fourth-order valence-electron chi connectivity index (χ4n) is 7.10. The van der Waals surface area contributed by atoms with Gasteiger partial charge in [0.15, 0.2) is 0 Å². The molecule has 5 atom stereocenters. The first kappa shape index (κ1) is 21.4. The van der Waals surface area contributed by atoms with Crippen molar-refractivity contribution in [3.8, 4) is 0 Å². The fraction of sp³-hybridized carbons (Fsp3) is 0.720. The van der Waals surface area contributed by atoms with E-state index < -0.39 is 10.0 Å². The van der Waals surface area contributed by atoms with Crippen molar-refractivity contribution in [1.82, 2.24) is 9.62 Å². The zero-order valence-electron chi connectivity index (χ0n) is 18.6. The topological polar surface area (TPSA) is 66.5 Å². The fourth-order valence-corrected chi connectivity index (χ4v) is 8.67. The van der Waals surface area contributed by atoms with Crippen molar-refractivity contribution in [2.45, 2.75) is 75.6 Å². The summed E-state index contributed by atoms with van der Waals surface area (Å²) in [7, 11) is -3.44. The van der Waals surface area contributed by atoms with E-state index in [9.17, 15) is 13.2 Å². The molecule has 6 rings (SSSR count). The average Bonchev–Trinajstić information content (AvgIpc) is 2.91. The number of piperidine rings is 1. The van der Waals surface area contributed by atoms with Gasteiger partial charge in [0, 0.05) is 25.6 Å². The molecule has 4 unspecified atom stereocenters. The SMILES string of the molecule is Cc1cccc(S(=O)(=O)N2CCC(CC(=O)NC3CC4CC5CC3C[C@@H](C5)C4)CC2)c1. The minimum Gasteiger partial charge on any atom is -0.353 e. The molecule has 4 aliphatic carbocycles. The maximum Gasteiger partial charge on any atom is 0.243 e. The lowest BCUT2D eigenvalue weighted by Gasteiger charge is -2.39. The number of nitrogens with one attached hydrogen (secondary N) is 1. The molecular weight excluding hydrogens is 408 g/mol. The van der Waals surface area contributed by atoms with Crippen molar-refractivity contribution in [1.29, 1.82) is 0 Å². The average molecular weight is 445 g/mol. The molecule has 1 amide bonds. The molecule has 5 aliphatic rings. The van der Waals surface area contributed by atoms with Crippen molar-refractivity contribution < 1.29 is 13.2 Å². The number of sulfonamides is 1. The molecule has 6 heteroatoms. The van der Waals surface area contributed by atoms with Crippen LogP contribution in [0.3, 0.4) is 0 Å². The van der Waals surface area contributed by atoms with Crippen LogP contribution in [0.1, 0.15) is 63.4 Å². The van der Waals surface area contributed by atoms with Crippen LogP contribution in [0.4, 0.5) is 0 Å². The summed E-state index contributed by atoms with van der Waals surface area (Å²) < 4.78 is 27.5. The Morgan fingerprint density at radius 3 is 2.29 bits per heavy atom. The van der Waals surface area contributed by atoms with Gasteiger partial charge >= 0.3 is 0 Å². The summed E-state index contributed by atoms with van der Waals surface area (Å²) in [4.78, 5) is 13.2. The highest BCUT2D eigenvalue weighted by molar-refractivity contribution is 7.89. The van der Waals surface area contributed by atoms with Gasteiger partial charge in [0.2, 0.25) is 15.9 Å². The van der Waals surface area contributed by atoms with Gasteiger partial charge in [0.25, 0.3) is 0 Å². The van der Waals surface area contributed by atoms with Gasteiger partial charge in [-0.25, -0.2) is 8.42 Å². The monoisotopic (exact) mass is 444 g/mol. The van der Waals surface area contributed by atoms with Crippen LogP contribution in [0, 0.1) is 36.5 Å². The first-order chi connectivity index (χ1) is 14.9. The number of carbonyl (C=O) groups is 1. The standard InChI is InChI=1S/C25H36N2O3S/c1-17-3-2-4-23(9-17)31(29,30)27-7-5-18(6-8-27)16-25(28)26-24-15-21-11-19-10-20(12-21)14-22(24)13-19/h2-4,9,18-22,24H,5-8,10-16H2,1H3,(H,26,28)/t19-,20?,21?,22?,24?/m0/s1. The van der Waals surface area contributed by atoms with Gasteiger partial charge in [-0.15, -0.1) is 0 Å². The Morgan fingerprint density at radius 1 is 1.00 bits per heavy atom. The zero-order valence-corrected chi connectivity index (χ0v) is 19.4. The highest BCUT2D eigenvalue weighted by Crippen LogP contribution is 2.51. The van der Waals surface area contributed by atoms with Gasteiger partial charge in [-0.1, -0.05) is 12.1 Å². The smallest absolute Gasteiger partial charge is 0.243 e. The third-order valence-corrected chi connectivity index (χ3v) is 10.3. The Labute approximate surface area is 187 Å². The van der Waals surface area contributed by atoms with Crippen molar-refractivity contribution >= 4 is 15.9 Å². The van der Waals surface area contributed by atoms with Gasteiger partial charge in [-0.3, -0.25) is 4.79 Å². The van der Waals surface area contributed by atoms with Gasteiger partial charge in [-0.05, 0) is 106 Å². The highest BCUT2D eigenvalue weighted by atomic mass is 32.2. The minimum absolute atomic E-state index is 0.186. The second-order valence-electron chi connectivity index (χ2n) is 10.8. The van der Waals surface area contributed by atoms with Gasteiger partial charge in [0.05, 0.1) is 4.90 Å². The second-order valence-corrected chi connectivity index (χ2v) is 12.8. The number of fused-ring (bicyclic) bond motifs is 1. The van der Waals surface area contributed by atoms with E-state index in [4.69, 9.17) is 0 Å². The van der Waals surface area contributed by atoms with Crippen LogP contribution in [-0.2, 0) is 14.8 Å². The number of rotatable bonds is 5. The van der Waals surface area contributed by atoms with Crippen LogP contribution < -0.4 is 5.32 Å². The van der Waals surface area contributed by atoms with Gasteiger partial charge in [-0.2, -0.15) is 4.31 Å². The number of carbonyl (C=O) groups excluding carboxylic acids is 1. The molecule has 1 N–H and O–H groups in total. The predicted octanol–water partition coefficient (Wildman–Crippen LogP) is 4.12. The van der Waals surface area contributed by atoms with Crippen molar-refractivity contribution in [3.63, 3.8) is 0 Å². The van der Waals surface area contributed by atoms with E-state index in [1.54, 1.807) is 22.5 Å². The maximum atomic E-state index is 12.9. The van der Waals surface area contributed by atoms with Crippen LogP contribution in [0.25, 0.3) is 0 Å². The van der Waals surface area contributed by atoms with Crippen molar-refractivity contribution in [3.05, 3.63) is 29.8 Å². The van der Waals surface area contributed by atoms with Crippen LogP contribution in [0.2, 0.25) is 0 Å². The van der Waals surface area contributed by atoms with Gasteiger partial charge in [0.1, 0.15) is 0 Å². The van der Waals surface area contributed by atoms with E-state index in [0.29, 0.717) is 36.4 Å². The summed E-state index contributed by atoms with van der Waals surface area (Å²) >= 11 is 0. The molecule has 1 saturated heterocycles. The van der Waals surface area contributed by atoms with E-state index in [-0.39, 0.29) is 11.8 Å². The molecule has 170 valence electrons. The largest absolute Gasteiger partial charge is 0.353 e. The first-order valence-electron chi connectivity index (χ1n) is 12.2. The lowest BCUT2D eigenvalue weighted by atomic mass is 9.67. The molecule has 4 bridgehead atoms. The lowest BCUT2D eigenvalue weighted by molar-refractivity contribution is -0.123. The summed E-state index contributed by atoms with van der Waals surface area (Å²) in [6, 6.07) is 7.49. The first-order valence-corrected chi connectivity index (χ1v) is 13.7. The Balaban J connectivity index is 1.14. The van der Waals surface area contributed by atoms with Crippen molar-refractivity contribution in [2.75, 3.05) is 13.1 Å². The number of benzene rings is 1.